The monoisotopic (exact) mass is 407 g/mol. The molecule has 8 heteroatoms. The molecule has 8 nitrogen and oxygen atoms in total. The van der Waals surface area contributed by atoms with Gasteiger partial charge in [0.15, 0.2) is 5.92 Å². The van der Waals surface area contributed by atoms with Gasteiger partial charge in [-0.1, -0.05) is 36.4 Å². The Morgan fingerprint density at radius 2 is 1.77 bits per heavy atom. The van der Waals surface area contributed by atoms with Crippen molar-refractivity contribution in [3.63, 3.8) is 0 Å². The van der Waals surface area contributed by atoms with Crippen LogP contribution in [0, 0.1) is 5.92 Å². The number of benzene rings is 1. The summed E-state index contributed by atoms with van der Waals surface area (Å²) < 4.78 is 5.15. The van der Waals surface area contributed by atoms with Crippen molar-refractivity contribution in [1.82, 2.24) is 15.2 Å². The molecule has 0 saturated carbocycles. The van der Waals surface area contributed by atoms with Crippen molar-refractivity contribution in [2.45, 2.75) is 13.0 Å². The maximum Gasteiger partial charge on any atom is 0.321 e. The molecule has 2 unspecified atom stereocenters. The number of carbonyl (C=O) groups excluding carboxylic acids is 2. The first-order valence-electron chi connectivity index (χ1n) is 10.2. The molecule has 2 aromatic rings. The smallest absolute Gasteiger partial charge is 0.321 e. The Balaban J connectivity index is 1.55. The third kappa shape index (κ3) is 4.12. The molecule has 1 fully saturated rings. The normalized spacial score (nSPS) is 21.6. The predicted molar refractivity (Wildman–Crippen MR) is 113 cm³/mol. The molecule has 0 radical (unpaired) electrons. The standard InChI is InChI=1S/C22H25N5O3/c1-2-30-21(29)18-19(16-8-4-3-5-9-16)24-22(25-20(18)28)27-14-12-26(13-15-27)17-10-6-7-11-23-17/h3-11,18-19H,2,12-15H2,1H3,(H,24,25,28). The third-order valence-electron chi connectivity index (χ3n) is 5.33. The second-order valence-electron chi connectivity index (χ2n) is 7.19. The molecule has 0 spiro atoms. The number of amides is 1. The molecular weight excluding hydrogens is 382 g/mol. The lowest BCUT2D eigenvalue weighted by Gasteiger charge is -2.39. The fourth-order valence-electron chi connectivity index (χ4n) is 3.80. The second-order valence-corrected chi connectivity index (χ2v) is 7.19. The number of guanidine groups is 1. The third-order valence-corrected chi connectivity index (χ3v) is 5.33. The van der Waals surface area contributed by atoms with Gasteiger partial charge in [0, 0.05) is 32.4 Å². The number of anilines is 1. The van der Waals surface area contributed by atoms with Crippen LogP contribution in [0.4, 0.5) is 5.82 Å². The van der Waals surface area contributed by atoms with Crippen molar-refractivity contribution in [3.05, 3.63) is 60.3 Å². The summed E-state index contributed by atoms with van der Waals surface area (Å²) in [6, 6.07) is 14.7. The van der Waals surface area contributed by atoms with Gasteiger partial charge in [0.1, 0.15) is 11.9 Å². The number of pyridine rings is 1. The number of esters is 1. The second kappa shape index (κ2) is 8.94. The van der Waals surface area contributed by atoms with Crippen molar-refractivity contribution >= 4 is 23.7 Å². The Hall–Kier alpha value is -3.42. The van der Waals surface area contributed by atoms with Crippen LogP contribution >= 0.6 is 0 Å². The van der Waals surface area contributed by atoms with E-state index in [9.17, 15) is 9.59 Å². The fraction of sp³-hybridized carbons (Fsp3) is 0.364. The van der Waals surface area contributed by atoms with Crippen molar-refractivity contribution in [1.29, 1.82) is 0 Å². The number of aliphatic imine (C=N–C) groups is 1. The van der Waals surface area contributed by atoms with Crippen LogP contribution in [0.25, 0.3) is 0 Å². The van der Waals surface area contributed by atoms with Crippen LogP contribution in [0.1, 0.15) is 18.5 Å². The summed E-state index contributed by atoms with van der Waals surface area (Å²) in [7, 11) is 0. The van der Waals surface area contributed by atoms with E-state index < -0.39 is 17.9 Å². The van der Waals surface area contributed by atoms with Crippen LogP contribution in [0.3, 0.4) is 0 Å². The van der Waals surface area contributed by atoms with Crippen LogP contribution in [0.15, 0.2) is 59.7 Å². The molecule has 1 aromatic heterocycles. The van der Waals surface area contributed by atoms with Gasteiger partial charge in [-0.3, -0.25) is 14.9 Å². The molecule has 1 N–H and O–H groups in total. The molecule has 0 aliphatic carbocycles. The minimum absolute atomic E-state index is 0.218. The maximum atomic E-state index is 12.9. The number of ether oxygens (including phenoxy) is 1. The molecule has 1 aromatic carbocycles. The van der Waals surface area contributed by atoms with E-state index in [4.69, 9.17) is 9.73 Å². The number of carbonyl (C=O) groups is 2. The van der Waals surface area contributed by atoms with Crippen LogP contribution in [0.2, 0.25) is 0 Å². The van der Waals surface area contributed by atoms with Crippen LogP contribution in [-0.2, 0) is 14.3 Å². The van der Waals surface area contributed by atoms with E-state index in [1.54, 1.807) is 13.1 Å². The largest absolute Gasteiger partial charge is 0.465 e. The maximum absolute atomic E-state index is 12.9. The molecule has 30 heavy (non-hydrogen) atoms. The van der Waals surface area contributed by atoms with Gasteiger partial charge in [0.05, 0.1) is 6.61 Å². The first-order chi connectivity index (χ1) is 14.7. The highest BCUT2D eigenvalue weighted by molar-refractivity contribution is 6.08. The molecule has 1 saturated heterocycles. The summed E-state index contributed by atoms with van der Waals surface area (Å²) in [6.07, 6.45) is 1.78. The summed E-state index contributed by atoms with van der Waals surface area (Å²) in [5.41, 5.74) is 0.815. The lowest BCUT2D eigenvalue weighted by atomic mass is 9.91. The molecule has 2 aliphatic rings. The molecule has 4 rings (SSSR count). The molecule has 2 atom stereocenters. The zero-order chi connectivity index (χ0) is 20.9. The molecular formula is C22H25N5O3. The zero-order valence-corrected chi connectivity index (χ0v) is 16.9. The Labute approximate surface area is 175 Å². The molecule has 3 heterocycles. The van der Waals surface area contributed by atoms with E-state index in [1.807, 2.05) is 48.5 Å². The van der Waals surface area contributed by atoms with Gasteiger partial charge < -0.3 is 14.5 Å². The summed E-state index contributed by atoms with van der Waals surface area (Å²) in [5, 5.41) is 2.83. The minimum Gasteiger partial charge on any atom is -0.465 e. The van der Waals surface area contributed by atoms with E-state index in [2.05, 4.69) is 20.1 Å². The van der Waals surface area contributed by atoms with E-state index >= 15 is 0 Å². The fourth-order valence-corrected chi connectivity index (χ4v) is 3.80. The summed E-state index contributed by atoms with van der Waals surface area (Å²) in [6.45, 7) is 4.87. The summed E-state index contributed by atoms with van der Waals surface area (Å²) >= 11 is 0. The van der Waals surface area contributed by atoms with Crippen molar-refractivity contribution in [2.75, 3.05) is 37.7 Å². The van der Waals surface area contributed by atoms with Gasteiger partial charge in [-0.05, 0) is 24.6 Å². The number of nitrogens with one attached hydrogen (secondary N) is 1. The van der Waals surface area contributed by atoms with Gasteiger partial charge in [-0.2, -0.15) is 0 Å². The molecule has 156 valence electrons. The van der Waals surface area contributed by atoms with E-state index in [1.165, 1.54) is 0 Å². The van der Waals surface area contributed by atoms with Crippen molar-refractivity contribution < 1.29 is 14.3 Å². The van der Waals surface area contributed by atoms with Crippen molar-refractivity contribution in [2.24, 2.45) is 10.9 Å². The SMILES string of the molecule is CCOC(=O)C1C(=O)NC(N2CCN(c3ccccn3)CC2)=NC1c1ccccc1. The summed E-state index contributed by atoms with van der Waals surface area (Å²) in [5.74, 6) is -0.469. The van der Waals surface area contributed by atoms with Gasteiger partial charge in [0.2, 0.25) is 11.9 Å². The van der Waals surface area contributed by atoms with Gasteiger partial charge in [0.25, 0.3) is 0 Å². The number of hydrogen-bond acceptors (Lipinski definition) is 7. The zero-order valence-electron chi connectivity index (χ0n) is 16.9. The Kier molecular flexibility index (Phi) is 5.92. The number of rotatable bonds is 4. The minimum atomic E-state index is -0.995. The molecule has 2 aliphatic heterocycles. The first-order valence-corrected chi connectivity index (χ1v) is 10.2. The highest BCUT2D eigenvalue weighted by Gasteiger charge is 2.42. The van der Waals surface area contributed by atoms with Crippen LogP contribution in [0.5, 0.6) is 0 Å². The van der Waals surface area contributed by atoms with E-state index in [0.717, 1.165) is 24.5 Å². The van der Waals surface area contributed by atoms with Gasteiger partial charge in [-0.25, -0.2) is 9.98 Å². The summed E-state index contributed by atoms with van der Waals surface area (Å²) in [4.78, 5) is 38.8. The van der Waals surface area contributed by atoms with Gasteiger partial charge >= 0.3 is 5.97 Å². The lowest BCUT2D eigenvalue weighted by molar-refractivity contribution is -0.153. The average molecular weight is 407 g/mol. The molecule has 0 bridgehead atoms. The Morgan fingerprint density at radius 1 is 1.07 bits per heavy atom. The number of nitrogens with zero attached hydrogens (tertiary/aromatic N) is 4. The highest BCUT2D eigenvalue weighted by Crippen LogP contribution is 2.31. The van der Waals surface area contributed by atoms with Crippen LogP contribution in [-0.4, -0.2) is 60.5 Å². The topological polar surface area (TPSA) is 87.1 Å². The quantitative estimate of drug-likeness (QED) is 0.612. The van der Waals surface area contributed by atoms with E-state index in [0.29, 0.717) is 19.0 Å². The lowest BCUT2D eigenvalue weighted by Crippen LogP contribution is -2.57. The predicted octanol–water partition coefficient (Wildman–Crippen LogP) is 1.61. The number of piperazine rings is 1. The van der Waals surface area contributed by atoms with Crippen molar-refractivity contribution in [3.8, 4) is 0 Å². The number of aromatic nitrogens is 1. The van der Waals surface area contributed by atoms with Crippen LogP contribution < -0.4 is 10.2 Å². The number of hydrogen-bond donors (Lipinski definition) is 1. The first kappa shape index (κ1) is 19.9. The Morgan fingerprint density at radius 3 is 2.43 bits per heavy atom. The molecule has 1 amide bonds. The Bertz CT molecular complexity index is 911. The van der Waals surface area contributed by atoms with Gasteiger partial charge in [-0.15, -0.1) is 0 Å². The highest BCUT2D eigenvalue weighted by atomic mass is 16.5. The van der Waals surface area contributed by atoms with E-state index in [-0.39, 0.29) is 12.5 Å². The average Bonchev–Trinajstić information content (AvgIpc) is 2.80.